The number of ether oxygens (including phenoxy) is 9. The van der Waals surface area contributed by atoms with Crippen LogP contribution in [0.2, 0.25) is 0 Å². The van der Waals surface area contributed by atoms with Gasteiger partial charge in [0.2, 0.25) is 29.5 Å². The fourth-order valence-corrected chi connectivity index (χ4v) is 5.44. The van der Waals surface area contributed by atoms with Crippen LogP contribution < -0.4 is 31.3 Å². The normalized spacial score (nSPS) is 10.9. The number of carboxylic acid groups (broad SMARTS) is 1. The van der Waals surface area contributed by atoms with E-state index in [1.54, 1.807) is 12.1 Å². The Balaban J connectivity index is 1.76. The highest BCUT2D eigenvalue weighted by atomic mass is 16.5. The Morgan fingerprint density at radius 1 is 0.394 bits per heavy atom. The summed E-state index contributed by atoms with van der Waals surface area (Å²) in [6.07, 6.45) is 9.55. The Morgan fingerprint density at radius 3 is 1.14 bits per heavy atom. The standard InChI is InChI=1S/C45H77N5O16/c1-2-3-16-46-41(52)34-62-30-27-59-23-18-48-43(54)36-64-32-29-61-25-20-50-44(55)37-65-33-28-60-24-19-49-42(53)35-63-31-26-58-22-17-47-40(51)11-9-7-5-4-6-8-10-21-66-39-14-12-38(13-15-39)45(56)57/h12-15H,2-11,16-37H2,1H3,(H,46,52)(H,47,51)(H,48,54)(H,49,53)(H,50,55)(H,56,57). The summed E-state index contributed by atoms with van der Waals surface area (Å²) in [5.74, 6) is -1.30. The maximum atomic E-state index is 12.0. The van der Waals surface area contributed by atoms with Gasteiger partial charge in [-0.15, -0.1) is 0 Å². The molecule has 378 valence electrons. The Labute approximate surface area is 389 Å². The summed E-state index contributed by atoms with van der Waals surface area (Å²) < 4.78 is 48.3. The smallest absolute Gasteiger partial charge is 0.335 e. The third kappa shape index (κ3) is 39.8. The van der Waals surface area contributed by atoms with Crippen LogP contribution in [-0.4, -0.2) is 186 Å². The number of nitrogens with one attached hydrogen (secondary N) is 5. The number of carbonyl (C=O) groups is 6. The average Bonchev–Trinajstić information content (AvgIpc) is 3.30. The van der Waals surface area contributed by atoms with Crippen molar-refractivity contribution in [2.75, 3.05) is 145 Å². The zero-order chi connectivity index (χ0) is 48.0. The Morgan fingerprint density at radius 2 is 0.742 bits per heavy atom. The van der Waals surface area contributed by atoms with Crippen LogP contribution >= 0.6 is 0 Å². The maximum absolute atomic E-state index is 12.0. The van der Waals surface area contributed by atoms with Crippen LogP contribution in [-0.2, 0) is 61.9 Å². The van der Waals surface area contributed by atoms with Crippen molar-refractivity contribution in [2.24, 2.45) is 0 Å². The largest absolute Gasteiger partial charge is 0.494 e. The third-order valence-electron chi connectivity index (χ3n) is 8.97. The van der Waals surface area contributed by atoms with Gasteiger partial charge in [0.05, 0.1) is 91.5 Å². The summed E-state index contributed by atoms with van der Waals surface area (Å²) in [4.78, 5) is 70.1. The molecule has 0 spiro atoms. The molecular weight excluding hydrogens is 867 g/mol. The molecule has 0 saturated heterocycles. The van der Waals surface area contributed by atoms with Gasteiger partial charge in [0, 0.05) is 39.1 Å². The molecule has 1 aromatic rings. The van der Waals surface area contributed by atoms with Gasteiger partial charge in [0.1, 0.15) is 32.2 Å². The van der Waals surface area contributed by atoms with Gasteiger partial charge >= 0.3 is 5.97 Å². The SMILES string of the molecule is CCCCNC(=O)COCCOCCNC(=O)COCCOCCNC(=O)COCCOCCNC(=O)COCCOCCNC(=O)CCCCCCCCCOc1ccc(C(=O)O)cc1. The lowest BCUT2D eigenvalue weighted by Crippen LogP contribution is -2.32. The fourth-order valence-electron chi connectivity index (χ4n) is 5.44. The van der Waals surface area contributed by atoms with E-state index in [-0.39, 0.29) is 121 Å². The van der Waals surface area contributed by atoms with Crippen LogP contribution in [0.5, 0.6) is 5.75 Å². The monoisotopic (exact) mass is 944 g/mol. The minimum Gasteiger partial charge on any atom is -0.494 e. The molecule has 6 N–H and O–H groups in total. The van der Waals surface area contributed by atoms with E-state index in [1.165, 1.54) is 12.1 Å². The number of amides is 5. The van der Waals surface area contributed by atoms with Crippen LogP contribution in [0.1, 0.15) is 81.5 Å². The van der Waals surface area contributed by atoms with E-state index in [2.05, 4.69) is 33.5 Å². The van der Waals surface area contributed by atoms with Gasteiger partial charge in [0.15, 0.2) is 0 Å². The minimum absolute atomic E-state index is 0.00105. The number of benzene rings is 1. The second-order valence-corrected chi connectivity index (χ2v) is 14.7. The Hall–Kier alpha value is -4.48. The zero-order valence-corrected chi connectivity index (χ0v) is 39.0. The van der Waals surface area contributed by atoms with E-state index in [0.717, 1.165) is 57.8 Å². The molecule has 0 aliphatic rings. The molecule has 1 aromatic carbocycles. The van der Waals surface area contributed by atoms with Crippen molar-refractivity contribution >= 4 is 35.5 Å². The summed E-state index contributed by atoms with van der Waals surface area (Å²) in [6, 6.07) is 6.40. The molecule has 0 heterocycles. The lowest BCUT2D eigenvalue weighted by Gasteiger charge is -2.09. The molecule has 0 aliphatic heterocycles. The van der Waals surface area contributed by atoms with Crippen LogP contribution in [0.4, 0.5) is 0 Å². The summed E-state index contributed by atoms with van der Waals surface area (Å²) >= 11 is 0. The molecule has 0 saturated carbocycles. The van der Waals surface area contributed by atoms with Gasteiger partial charge in [0.25, 0.3) is 0 Å². The number of hydrogen-bond acceptors (Lipinski definition) is 15. The molecule has 0 aliphatic carbocycles. The average molecular weight is 944 g/mol. The van der Waals surface area contributed by atoms with E-state index >= 15 is 0 Å². The first-order chi connectivity index (χ1) is 32.2. The van der Waals surface area contributed by atoms with Gasteiger partial charge in [-0.3, -0.25) is 24.0 Å². The quantitative estimate of drug-likeness (QED) is 0.0505. The minimum atomic E-state index is -0.955. The highest BCUT2D eigenvalue weighted by Gasteiger charge is 2.06. The third-order valence-corrected chi connectivity index (χ3v) is 8.97. The summed E-state index contributed by atoms with van der Waals surface area (Å²) in [5.41, 5.74) is 0.239. The number of carboxylic acids is 1. The summed E-state index contributed by atoms with van der Waals surface area (Å²) in [7, 11) is 0. The lowest BCUT2D eigenvalue weighted by atomic mass is 10.1. The highest BCUT2D eigenvalue weighted by molar-refractivity contribution is 5.87. The first-order valence-electron chi connectivity index (χ1n) is 23.1. The molecule has 21 nitrogen and oxygen atoms in total. The second kappa shape index (κ2) is 44.4. The van der Waals surface area contributed by atoms with Crippen molar-refractivity contribution in [3.8, 4) is 5.75 Å². The number of unbranched alkanes of at least 4 members (excludes halogenated alkanes) is 7. The summed E-state index contributed by atoms with van der Waals surface area (Å²) in [6.45, 7) is 7.47. The lowest BCUT2D eigenvalue weighted by molar-refractivity contribution is -0.128. The van der Waals surface area contributed by atoms with Crippen molar-refractivity contribution < 1.29 is 76.5 Å². The molecule has 0 unspecified atom stereocenters. The molecule has 66 heavy (non-hydrogen) atoms. The van der Waals surface area contributed by atoms with Gasteiger partial charge in [-0.25, -0.2) is 4.79 Å². The van der Waals surface area contributed by atoms with E-state index in [0.29, 0.717) is 71.4 Å². The fraction of sp³-hybridized carbons (Fsp3) is 0.733. The van der Waals surface area contributed by atoms with E-state index in [1.807, 2.05) is 0 Å². The number of hydrogen-bond donors (Lipinski definition) is 6. The highest BCUT2D eigenvalue weighted by Crippen LogP contribution is 2.14. The van der Waals surface area contributed by atoms with Gasteiger partial charge < -0.3 is 74.3 Å². The van der Waals surface area contributed by atoms with Crippen molar-refractivity contribution in [1.82, 2.24) is 26.6 Å². The molecule has 0 aromatic heterocycles. The Bertz CT molecular complexity index is 1410. The number of rotatable bonds is 47. The predicted molar refractivity (Wildman–Crippen MR) is 242 cm³/mol. The van der Waals surface area contributed by atoms with Crippen LogP contribution in [0.15, 0.2) is 24.3 Å². The molecule has 0 atom stereocenters. The topological polar surface area (TPSA) is 266 Å². The van der Waals surface area contributed by atoms with Crippen molar-refractivity contribution in [3.63, 3.8) is 0 Å². The molecule has 5 amide bonds. The Kier molecular flexibility index (Phi) is 40.0. The van der Waals surface area contributed by atoms with E-state index < -0.39 is 5.97 Å². The zero-order valence-electron chi connectivity index (χ0n) is 39.0. The number of carbonyl (C=O) groups excluding carboxylic acids is 5. The summed E-state index contributed by atoms with van der Waals surface area (Å²) in [5, 5.41) is 22.6. The van der Waals surface area contributed by atoms with Crippen molar-refractivity contribution in [3.05, 3.63) is 29.8 Å². The number of aromatic carboxylic acids is 1. The van der Waals surface area contributed by atoms with Crippen LogP contribution in [0.3, 0.4) is 0 Å². The van der Waals surface area contributed by atoms with Crippen molar-refractivity contribution in [1.29, 1.82) is 0 Å². The van der Waals surface area contributed by atoms with E-state index in [9.17, 15) is 28.8 Å². The molecule has 1 rings (SSSR count). The van der Waals surface area contributed by atoms with Gasteiger partial charge in [-0.2, -0.15) is 0 Å². The van der Waals surface area contributed by atoms with Crippen LogP contribution in [0, 0.1) is 0 Å². The predicted octanol–water partition coefficient (Wildman–Crippen LogP) is 1.40. The first-order valence-corrected chi connectivity index (χ1v) is 23.1. The molecule has 0 radical (unpaired) electrons. The molecule has 21 heteroatoms. The first kappa shape index (κ1) is 59.5. The second-order valence-electron chi connectivity index (χ2n) is 14.7. The molecular formula is C45H77N5O16. The molecule has 0 fully saturated rings. The van der Waals surface area contributed by atoms with Crippen LogP contribution in [0.25, 0.3) is 0 Å². The van der Waals surface area contributed by atoms with Gasteiger partial charge in [-0.05, 0) is 43.5 Å². The van der Waals surface area contributed by atoms with Crippen molar-refractivity contribution in [2.45, 2.75) is 71.1 Å². The maximum Gasteiger partial charge on any atom is 0.335 e. The van der Waals surface area contributed by atoms with Gasteiger partial charge in [-0.1, -0.05) is 45.4 Å². The molecule has 0 bridgehead atoms. The van der Waals surface area contributed by atoms with E-state index in [4.69, 9.17) is 47.7 Å².